The SMILES string of the molecule is O=S(=O)(Nc1cc(C(F)(F)F)cc(C(F)(F)F)c1)c1ccc(-c2ncco2)cc1. The molecule has 0 spiro atoms. The molecule has 0 bridgehead atoms. The number of hydrogen-bond donors (Lipinski definition) is 1. The van der Waals surface area contributed by atoms with E-state index in [1.54, 1.807) is 4.72 Å². The van der Waals surface area contributed by atoms with E-state index in [9.17, 15) is 34.8 Å². The fourth-order valence-electron chi connectivity index (χ4n) is 2.37. The maximum atomic E-state index is 12.9. The lowest BCUT2D eigenvalue weighted by Crippen LogP contribution is -2.16. The zero-order valence-corrected chi connectivity index (χ0v) is 14.9. The molecule has 0 aliphatic carbocycles. The van der Waals surface area contributed by atoms with Crippen LogP contribution in [-0.4, -0.2) is 13.4 Å². The summed E-state index contributed by atoms with van der Waals surface area (Å²) in [4.78, 5) is 3.49. The number of nitrogens with zero attached hydrogens (tertiary/aromatic N) is 1. The van der Waals surface area contributed by atoms with Gasteiger partial charge in [-0.15, -0.1) is 0 Å². The Balaban J connectivity index is 1.95. The van der Waals surface area contributed by atoms with Gasteiger partial charge in [0.05, 0.1) is 27.9 Å². The van der Waals surface area contributed by atoms with Crippen molar-refractivity contribution in [3.05, 3.63) is 66.1 Å². The quantitative estimate of drug-likeness (QED) is 0.572. The summed E-state index contributed by atoms with van der Waals surface area (Å²) in [6, 6.07) is 5.35. The summed E-state index contributed by atoms with van der Waals surface area (Å²) in [5.74, 6) is 0.203. The van der Waals surface area contributed by atoms with Gasteiger partial charge in [-0.25, -0.2) is 13.4 Å². The molecule has 0 radical (unpaired) electrons. The van der Waals surface area contributed by atoms with Gasteiger partial charge in [0.1, 0.15) is 6.26 Å². The average molecular weight is 436 g/mol. The number of rotatable bonds is 4. The number of hydrogen-bond acceptors (Lipinski definition) is 4. The van der Waals surface area contributed by atoms with Crippen LogP contribution >= 0.6 is 0 Å². The second kappa shape index (κ2) is 7.10. The number of nitrogens with one attached hydrogen (secondary N) is 1. The van der Waals surface area contributed by atoms with Crippen molar-refractivity contribution in [2.45, 2.75) is 17.2 Å². The first-order valence-electron chi connectivity index (χ1n) is 7.68. The molecular weight excluding hydrogens is 426 g/mol. The van der Waals surface area contributed by atoms with E-state index in [0.717, 1.165) is 12.1 Å². The molecule has 2 aromatic carbocycles. The normalized spacial score (nSPS) is 12.8. The summed E-state index contributed by atoms with van der Waals surface area (Å²) in [6.45, 7) is 0. The van der Waals surface area contributed by atoms with E-state index in [1.165, 1.54) is 24.6 Å². The van der Waals surface area contributed by atoms with E-state index in [1.807, 2.05) is 0 Å². The number of oxazole rings is 1. The lowest BCUT2D eigenvalue weighted by Gasteiger charge is -2.15. The van der Waals surface area contributed by atoms with Crippen LogP contribution in [0.3, 0.4) is 0 Å². The molecule has 0 unspecified atom stereocenters. The number of anilines is 1. The maximum absolute atomic E-state index is 12.9. The first kappa shape index (κ1) is 20.7. The van der Waals surface area contributed by atoms with Crippen LogP contribution in [0.5, 0.6) is 0 Å². The summed E-state index contributed by atoms with van der Waals surface area (Å²) in [5.41, 5.74) is -3.72. The van der Waals surface area contributed by atoms with Gasteiger partial charge in [-0.1, -0.05) is 0 Å². The van der Waals surface area contributed by atoms with Gasteiger partial charge in [0, 0.05) is 5.56 Å². The lowest BCUT2D eigenvalue weighted by molar-refractivity contribution is -0.143. The Kier molecular flexibility index (Phi) is 5.07. The molecule has 29 heavy (non-hydrogen) atoms. The van der Waals surface area contributed by atoms with E-state index in [2.05, 4.69) is 4.98 Å². The molecule has 3 rings (SSSR count). The first-order valence-corrected chi connectivity index (χ1v) is 9.17. The third-order valence-corrected chi connectivity index (χ3v) is 5.08. The van der Waals surface area contributed by atoms with Gasteiger partial charge in [0.15, 0.2) is 0 Å². The summed E-state index contributed by atoms with van der Waals surface area (Å²) >= 11 is 0. The Morgan fingerprint density at radius 1 is 0.862 bits per heavy atom. The number of benzene rings is 2. The van der Waals surface area contributed by atoms with Crippen molar-refractivity contribution in [3.8, 4) is 11.5 Å². The average Bonchev–Trinajstić information content (AvgIpc) is 3.14. The highest BCUT2D eigenvalue weighted by atomic mass is 32.2. The van der Waals surface area contributed by atoms with Crippen LogP contribution in [0.4, 0.5) is 32.0 Å². The monoisotopic (exact) mass is 436 g/mol. The Morgan fingerprint density at radius 3 is 1.86 bits per heavy atom. The van der Waals surface area contributed by atoms with Gasteiger partial charge in [-0.2, -0.15) is 26.3 Å². The number of halogens is 6. The van der Waals surface area contributed by atoms with Crippen molar-refractivity contribution >= 4 is 15.7 Å². The molecule has 0 saturated carbocycles. The first-order chi connectivity index (χ1) is 13.4. The van der Waals surface area contributed by atoms with Crippen LogP contribution in [0.1, 0.15) is 11.1 Å². The van der Waals surface area contributed by atoms with Crippen molar-refractivity contribution in [1.29, 1.82) is 0 Å². The van der Waals surface area contributed by atoms with Gasteiger partial charge in [0.2, 0.25) is 5.89 Å². The van der Waals surface area contributed by atoms with E-state index in [0.29, 0.717) is 5.56 Å². The van der Waals surface area contributed by atoms with Crippen LogP contribution in [0.25, 0.3) is 11.5 Å². The van der Waals surface area contributed by atoms with Gasteiger partial charge in [-0.3, -0.25) is 4.72 Å². The zero-order chi connectivity index (χ0) is 21.4. The van der Waals surface area contributed by atoms with Gasteiger partial charge in [-0.05, 0) is 42.5 Å². The van der Waals surface area contributed by atoms with Crippen molar-refractivity contribution < 1.29 is 39.2 Å². The minimum absolute atomic E-state index is 0.0943. The third-order valence-electron chi connectivity index (χ3n) is 3.68. The van der Waals surface area contributed by atoms with Gasteiger partial charge >= 0.3 is 12.4 Å². The second-order valence-corrected chi connectivity index (χ2v) is 7.44. The molecule has 0 saturated heterocycles. The summed E-state index contributed by atoms with van der Waals surface area (Å²) < 4.78 is 109. The van der Waals surface area contributed by atoms with Gasteiger partial charge < -0.3 is 4.42 Å². The van der Waals surface area contributed by atoms with Crippen LogP contribution in [0.2, 0.25) is 0 Å². The van der Waals surface area contributed by atoms with E-state index in [-0.39, 0.29) is 29.0 Å². The lowest BCUT2D eigenvalue weighted by atomic mass is 10.1. The largest absolute Gasteiger partial charge is 0.445 e. The maximum Gasteiger partial charge on any atom is 0.416 e. The zero-order valence-electron chi connectivity index (χ0n) is 14.0. The molecule has 1 N–H and O–H groups in total. The molecule has 5 nitrogen and oxygen atoms in total. The minimum atomic E-state index is -5.10. The second-order valence-electron chi connectivity index (χ2n) is 5.76. The standard InChI is InChI=1S/C17H10F6N2O3S/c18-16(19,20)11-7-12(17(21,22)23)9-13(8-11)25-29(26,27)14-3-1-10(2-4-14)15-24-5-6-28-15/h1-9,25H. The van der Waals surface area contributed by atoms with Crippen molar-refractivity contribution in [1.82, 2.24) is 4.98 Å². The summed E-state index contributed by atoms with van der Waals surface area (Å²) in [5, 5.41) is 0. The van der Waals surface area contributed by atoms with Crippen molar-refractivity contribution in [3.63, 3.8) is 0 Å². The molecule has 0 fully saturated rings. The van der Waals surface area contributed by atoms with E-state index >= 15 is 0 Å². The Hall–Kier alpha value is -3.02. The van der Waals surface area contributed by atoms with Crippen molar-refractivity contribution in [2.24, 2.45) is 0 Å². The fourth-order valence-corrected chi connectivity index (χ4v) is 3.41. The number of alkyl halides is 6. The van der Waals surface area contributed by atoms with Crippen LogP contribution in [-0.2, 0) is 22.4 Å². The fraction of sp³-hybridized carbons (Fsp3) is 0.118. The highest BCUT2D eigenvalue weighted by Crippen LogP contribution is 2.38. The summed E-state index contributed by atoms with van der Waals surface area (Å²) in [7, 11) is -4.46. The number of sulfonamides is 1. The molecule has 0 atom stereocenters. The molecule has 3 aromatic rings. The molecule has 154 valence electrons. The highest BCUT2D eigenvalue weighted by Gasteiger charge is 2.37. The molecule has 1 heterocycles. The minimum Gasteiger partial charge on any atom is -0.445 e. The molecule has 0 aliphatic heterocycles. The predicted octanol–water partition coefficient (Wildman–Crippen LogP) is 5.18. The third kappa shape index (κ3) is 4.70. The van der Waals surface area contributed by atoms with E-state index < -0.39 is 39.2 Å². The highest BCUT2D eigenvalue weighted by molar-refractivity contribution is 7.92. The Labute approximate surface area is 160 Å². The van der Waals surface area contributed by atoms with Crippen LogP contribution < -0.4 is 4.72 Å². The van der Waals surface area contributed by atoms with E-state index in [4.69, 9.17) is 4.42 Å². The van der Waals surface area contributed by atoms with Crippen LogP contribution in [0.15, 0.2) is 64.2 Å². The van der Waals surface area contributed by atoms with Crippen molar-refractivity contribution in [2.75, 3.05) is 4.72 Å². The smallest absolute Gasteiger partial charge is 0.416 e. The molecular formula is C17H10F6N2O3S. The summed E-state index contributed by atoms with van der Waals surface area (Å²) in [6.07, 6.45) is -7.53. The Bertz CT molecular complexity index is 1070. The van der Waals surface area contributed by atoms with Gasteiger partial charge in [0.25, 0.3) is 10.0 Å². The topological polar surface area (TPSA) is 72.2 Å². The molecule has 0 amide bonds. The van der Waals surface area contributed by atoms with Crippen LogP contribution in [0, 0.1) is 0 Å². The molecule has 0 aliphatic rings. The molecule has 12 heteroatoms. The Morgan fingerprint density at radius 2 is 1.41 bits per heavy atom. The number of aromatic nitrogens is 1. The molecule has 1 aromatic heterocycles. The predicted molar refractivity (Wildman–Crippen MR) is 89.2 cm³/mol.